The predicted molar refractivity (Wildman–Crippen MR) is 85.2 cm³/mol. The fourth-order valence-electron chi connectivity index (χ4n) is 2.34. The van der Waals surface area contributed by atoms with Gasteiger partial charge in [0.15, 0.2) is 0 Å². The van der Waals surface area contributed by atoms with Crippen LogP contribution in [0.15, 0.2) is 66.0 Å². The number of nitrogens with zero attached hydrogens (tertiary/aromatic N) is 2. The van der Waals surface area contributed by atoms with Gasteiger partial charge in [-0.3, -0.25) is 9.78 Å². The predicted octanol–water partition coefficient (Wildman–Crippen LogP) is 2.03. The molecular weight excluding hydrogens is 333 g/mol. The molecule has 0 saturated carbocycles. The van der Waals surface area contributed by atoms with Crippen LogP contribution in [0.3, 0.4) is 0 Å². The highest BCUT2D eigenvalue weighted by Gasteiger charge is 2.26. The van der Waals surface area contributed by atoms with Crippen molar-refractivity contribution in [2.45, 2.75) is 4.90 Å². The number of nitrogens with two attached hydrogens (primary N) is 1. The van der Waals surface area contributed by atoms with Gasteiger partial charge in [0.25, 0.3) is 15.9 Å². The highest BCUT2D eigenvalue weighted by Crippen LogP contribution is 2.30. The van der Waals surface area contributed by atoms with Crippen LogP contribution in [0.25, 0.3) is 11.3 Å². The third-order valence-electron chi connectivity index (χ3n) is 3.44. The number of aromatic nitrogens is 2. The fourth-order valence-corrected chi connectivity index (χ4v) is 3.67. The summed E-state index contributed by atoms with van der Waals surface area (Å²) in [5.74, 6) is -1.52. The molecule has 0 atom stereocenters. The average Bonchev–Trinajstić information content (AvgIpc) is 3.02. The Hall–Kier alpha value is -3.00. The largest absolute Gasteiger partial charge is 0.366 e. The van der Waals surface area contributed by atoms with Crippen molar-refractivity contribution in [3.63, 3.8) is 0 Å². The van der Waals surface area contributed by atoms with Crippen molar-refractivity contribution in [1.82, 2.24) is 8.96 Å². The van der Waals surface area contributed by atoms with E-state index in [4.69, 9.17) is 5.73 Å². The lowest BCUT2D eigenvalue weighted by Crippen LogP contribution is -2.17. The summed E-state index contributed by atoms with van der Waals surface area (Å²) in [4.78, 5) is 15.4. The fraction of sp³-hybridized carbons (Fsp3) is 0. The third-order valence-corrected chi connectivity index (χ3v) is 5.10. The molecular formula is C16H12FN3O3S. The first kappa shape index (κ1) is 15.9. The van der Waals surface area contributed by atoms with Crippen LogP contribution in [0.2, 0.25) is 0 Å². The van der Waals surface area contributed by atoms with Gasteiger partial charge in [-0.25, -0.2) is 16.8 Å². The average molecular weight is 345 g/mol. The maximum absolute atomic E-state index is 14.2. The lowest BCUT2D eigenvalue weighted by Gasteiger charge is -2.12. The molecule has 0 spiro atoms. The van der Waals surface area contributed by atoms with Crippen molar-refractivity contribution in [1.29, 1.82) is 0 Å². The zero-order valence-electron chi connectivity index (χ0n) is 12.3. The Morgan fingerprint density at radius 2 is 1.88 bits per heavy atom. The second-order valence-corrected chi connectivity index (χ2v) is 6.73. The Balaban J connectivity index is 2.32. The van der Waals surface area contributed by atoms with E-state index in [2.05, 4.69) is 4.98 Å². The number of carbonyl (C=O) groups is 1. The van der Waals surface area contributed by atoms with Gasteiger partial charge >= 0.3 is 0 Å². The number of hydrogen-bond donors (Lipinski definition) is 1. The molecule has 0 radical (unpaired) electrons. The zero-order chi connectivity index (χ0) is 17.3. The van der Waals surface area contributed by atoms with E-state index in [9.17, 15) is 17.6 Å². The minimum Gasteiger partial charge on any atom is -0.366 e. The van der Waals surface area contributed by atoms with Crippen LogP contribution in [0.1, 0.15) is 10.4 Å². The quantitative estimate of drug-likeness (QED) is 0.782. The maximum atomic E-state index is 14.2. The number of rotatable bonds is 4. The second-order valence-electron chi connectivity index (χ2n) is 4.91. The molecule has 3 rings (SSSR count). The SMILES string of the molecule is NC(=O)c1ccn(S(=O)(=O)c2cccnc2)c1-c1ccccc1F. The van der Waals surface area contributed by atoms with Crippen LogP contribution in [-0.2, 0) is 10.0 Å². The van der Waals surface area contributed by atoms with Crippen molar-refractivity contribution >= 4 is 15.9 Å². The van der Waals surface area contributed by atoms with E-state index in [1.54, 1.807) is 0 Å². The van der Waals surface area contributed by atoms with Gasteiger partial charge in [-0.05, 0) is 30.3 Å². The number of halogens is 1. The Labute approximate surface area is 137 Å². The second kappa shape index (κ2) is 5.89. The minimum absolute atomic E-state index is 0.0382. The van der Waals surface area contributed by atoms with E-state index in [1.165, 1.54) is 61.1 Å². The monoisotopic (exact) mass is 345 g/mol. The Morgan fingerprint density at radius 1 is 1.12 bits per heavy atom. The van der Waals surface area contributed by atoms with Gasteiger partial charge in [0, 0.05) is 24.2 Å². The molecule has 0 aliphatic rings. The number of hydrogen-bond acceptors (Lipinski definition) is 4. The molecule has 2 aromatic heterocycles. The molecule has 8 heteroatoms. The molecule has 2 N–H and O–H groups in total. The maximum Gasteiger partial charge on any atom is 0.269 e. The normalized spacial score (nSPS) is 11.4. The Bertz CT molecular complexity index is 1010. The molecule has 0 fully saturated rings. The lowest BCUT2D eigenvalue weighted by molar-refractivity contribution is 0.100. The number of carbonyl (C=O) groups excluding carboxylic acids is 1. The molecule has 1 amide bonds. The first-order valence-corrected chi connectivity index (χ1v) is 8.28. The van der Waals surface area contributed by atoms with Crippen molar-refractivity contribution in [2.75, 3.05) is 0 Å². The molecule has 24 heavy (non-hydrogen) atoms. The summed E-state index contributed by atoms with van der Waals surface area (Å²) >= 11 is 0. The molecule has 0 bridgehead atoms. The molecule has 3 aromatic rings. The van der Waals surface area contributed by atoms with E-state index in [0.717, 1.165) is 3.97 Å². The van der Waals surface area contributed by atoms with Crippen LogP contribution in [0.5, 0.6) is 0 Å². The van der Waals surface area contributed by atoms with Crippen LogP contribution < -0.4 is 5.73 Å². The van der Waals surface area contributed by atoms with Crippen molar-refractivity contribution < 1.29 is 17.6 Å². The highest BCUT2D eigenvalue weighted by atomic mass is 32.2. The Morgan fingerprint density at radius 3 is 2.50 bits per heavy atom. The van der Waals surface area contributed by atoms with Gasteiger partial charge in [0.2, 0.25) is 0 Å². The van der Waals surface area contributed by atoms with E-state index < -0.39 is 21.7 Å². The molecule has 0 unspecified atom stereocenters. The summed E-state index contributed by atoms with van der Waals surface area (Å²) in [6.07, 6.45) is 3.77. The van der Waals surface area contributed by atoms with Crippen molar-refractivity contribution in [2.24, 2.45) is 5.73 Å². The topological polar surface area (TPSA) is 95.0 Å². The molecule has 0 aliphatic carbocycles. The summed E-state index contributed by atoms with van der Waals surface area (Å²) in [5.41, 5.74) is 5.07. The smallest absolute Gasteiger partial charge is 0.269 e. The number of amides is 1. The van der Waals surface area contributed by atoms with Crippen LogP contribution in [-0.4, -0.2) is 23.3 Å². The lowest BCUT2D eigenvalue weighted by atomic mass is 10.1. The standard InChI is InChI=1S/C16H12FN3O3S/c17-14-6-2-1-5-12(14)15-13(16(18)21)7-9-20(15)24(22,23)11-4-3-8-19-10-11/h1-10H,(H2,18,21). The molecule has 0 aliphatic heterocycles. The molecule has 122 valence electrons. The minimum atomic E-state index is -4.07. The highest BCUT2D eigenvalue weighted by molar-refractivity contribution is 7.90. The molecule has 1 aromatic carbocycles. The summed E-state index contributed by atoms with van der Waals surface area (Å²) in [6, 6.07) is 9.63. The van der Waals surface area contributed by atoms with Gasteiger partial charge in [-0.2, -0.15) is 0 Å². The van der Waals surface area contributed by atoms with E-state index in [-0.39, 0.29) is 21.7 Å². The summed E-state index contributed by atoms with van der Waals surface area (Å²) in [5, 5.41) is 0. The van der Waals surface area contributed by atoms with Crippen LogP contribution in [0.4, 0.5) is 4.39 Å². The van der Waals surface area contributed by atoms with E-state index in [1.807, 2.05) is 0 Å². The van der Waals surface area contributed by atoms with Gasteiger partial charge in [-0.1, -0.05) is 12.1 Å². The van der Waals surface area contributed by atoms with E-state index >= 15 is 0 Å². The molecule has 2 heterocycles. The van der Waals surface area contributed by atoms with Crippen LogP contribution >= 0.6 is 0 Å². The van der Waals surface area contributed by atoms with E-state index in [0.29, 0.717) is 0 Å². The van der Waals surface area contributed by atoms with Crippen molar-refractivity contribution in [3.8, 4) is 11.3 Å². The van der Waals surface area contributed by atoms with Gasteiger partial charge < -0.3 is 5.73 Å². The first-order valence-electron chi connectivity index (χ1n) is 6.84. The van der Waals surface area contributed by atoms with Crippen LogP contribution in [0, 0.1) is 5.82 Å². The summed E-state index contributed by atoms with van der Waals surface area (Å²) in [6.45, 7) is 0. The molecule has 6 nitrogen and oxygen atoms in total. The Kier molecular flexibility index (Phi) is 3.90. The van der Waals surface area contributed by atoms with Gasteiger partial charge in [-0.15, -0.1) is 0 Å². The number of pyridine rings is 1. The zero-order valence-corrected chi connectivity index (χ0v) is 13.1. The number of benzene rings is 1. The third kappa shape index (κ3) is 2.56. The molecule has 0 saturated heterocycles. The summed E-state index contributed by atoms with van der Waals surface area (Å²) in [7, 11) is -4.07. The van der Waals surface area contributed by atoms with Gasteiger partial charge in [0.05, 0.1) is 11.3 Å². The number of primary amides is 1. The summed E-state index contributed by atoms with van der Waals surface area (Å²) < 4.78 is 40.7. The first-order chi connectivity index (χ1) is 11.4. The van der Waals surface area contributed by atoms with Gasteiger partial charge in [0.1, 0.15) is 10.7 Å². The van der Waals surface area contributed by atoms with Crippen molar-refractivity contribution in [3.05, 3.63) is 72.4 Å².